The van der Waals surface area contributed by atoms with E-state index in [1.54, 1.807) is 0 Å². The standard InChI is InChI=1S/C45H43N3O.Pt/c1-28-20-29(2)43(30(3)21-28)32-22-31(39-25-33(16-18-46-39)44(4,5)6)23-36(24-32)49-35-14-15-38-37-12-10-11-13-40(37)48(41(38)27-35)42-26-34(17-19-47-42)45(7,8)9;/h10-22,24-26H,1-9H3;/q-2;+2. The van der Waals surface area contributed by atoms with E-state index in [1.165, 1.54) is 33.4 Å². The van der Waals surface area contributed by atoms with Crippen LogP contribution in [0.2, 0.25) is 0 Å². The van der Waals surface area contributed by atoms with Crippen LogP contribution in [0.5, 0.6) is 11.5 Å². The first-order valence-corrected chi connectivity index (χ1v) is 17.0. The minimum absolute atomic E-state index is 0. The average molecular weight is 837 g/mol. The van der Waals surface area contributed by atoms with Crippen molar-refractivity contribution in [2.45, 2.75) is 73.1 Å². The monoisotopic (exact) mass is 836 g/mol. The molecule has 5 heteroatoms. The van der Waals surface area contributed by atoms with E-state index in [9.17, 15) is 0 Å². The Morgan fingerprint density at radius 3 is 2.00 bits per heavy atom. The summed E-state index contributed by atoms with van der Waals surface area (Å²) in [4.78, 5) is 9.63. The van der Waals surface area contributed by atoms with Crippen molar-refractivity contribution < 1.29 is 25.8 Å². The van der Waals surface area contributed by atoms with Gasteiger partial charge in [0.05, 0.1) is 0 Å². The molecule has 4 nitrogen and oxygen atoms in total. The van der Waals surface area contributed by atoms with Gasteiger partial charge in [-0.15, -0.1) is 29.1 Å². The topological polar surface area (TPSA) is 39.9 Å². The predicted octanol–water partition coefficient (Wildman–Crippen LogP) is 11.8. The average Bonchev–Trinajstić information content (AvgIpc) is 3.37. The quantitative estimate of drug-likeness (QED) is 0.162. The number of rotatable bonds is 5. The SMILES string of the molecule is Cc1cc(C)c(-c2cc(Oc3[c-]c4c(cc3)c3ccccc3n4-c3cc(C(C)(C)C)ccn3)[c-]c(-c3cc(C(C)(C)C)ccn3)c2)c(C)c1.[Pt+2]. The number of ether oxygens (including phenoxy) is 1. The second kappa shape index (κ2) is 13.3. The van der Waals surface area contributed by atoms with Gasteiger partial charge in [0.25, 0.3) is 0 Å². The summed E-state index contributed by atoms with van der Waals surface area (Å²) in [6.07, 6.45) is 3.79. The van der Waals surface area contributed by atoms with Crippen molar-refractivity contribution in [1.29, 1.82) is 0 Å². The Balaban J connectivity index is 0.00000432. The molecule has 0 saturated carbocycles. The van der Waals surface area contributed by atoms with Crippen LogP contribution in [0, 0.1) is 32.9 Å². The van der Waals surface area contributed by atoms with Gasteiger partial charge in [-0.2, -0.15) is 6.07 Å². The fraction of sp³-hybridized carbons (Fsp3) is 0.244. The van der Waals surface area contributed by atoms with E-state index >= 15 is 0 Å². The fourth-order valence-corrected chi connectivity index (χ4v) is 6.86. The molecule has 0 N–H and O–H groups in total. The van der Waals surface area contributed by atoms with Crippen LogP contribution in [-0.4, -0.2) is 14.5 Å². The van der Waals surface area contributed by atoms with Gasteiger partial charge in [-0.1, -0.05) is 107 Å². The van der Waals surface area contributed by atoms with E-state index in [-0.39, 0.29) is 31.9 Å². The zero-order chi connectivity index (χ0) is 34.7. The summed E-state index contributed by atoms with van der Waals surface area (Å²) in [7, 11) is 0. The van der Waals surface area contributed by atoms with Crippen LogP contribution in [0.3, 0.4) is 0 Å². The number of benzene rings is 4. The van der Waals surface area contributed by atoms with Gasteiger partial charge in [-0.25, -0.2) is 4.98 Å². The maximum atomic E-state index is 6.70. The Bertz CT molecular complexity index is 2350. The molecule has 0 radical (unpaired) electrons. The predicted molar refractivity (Wildman–Crippen MR) is 203 cm³/mol. The fourth-order valence-electron chi connectivity index (χ4n) is 6.86. The third-order valence-corrected chi connectivity index (χ3v) is 9.33. The third-order valence-electron chi connectivity index (χ3n) is 9.33. The van der Waals surface area contributed by atoms with Crippen LogP contribution in [0.4, 0.5) is 0 Å². The van der Waals surface area contributed by atoms with Crippen LogP contribution in [0.25, 0.3) is 50.0 Å². The van der Waals surface area contributed by atoms with Gasteiger partial charge in [-0.3, -0.25) is 0 Å². The minimum Gasteiger partial charge on any atom is -0.503 e. The van der Waals surface area contributed by atoms with Gasteiger partial charge in [0.2, 0.25) is 0 Å². The minimum atomic E-state index is -0.0115. The zero-order valence-electron chi connectivity index (χ0n) is 30.3. The van der Waals surface area contributed by atoms with E-state index in [1.807, 2.05) is 18.5 Å². The van der Waals surface area contributed by atoms with Crippen molar-refractivity contribution in [3.05, 3.63) is 137 Å². The maximum absolute atomic E-state index is 6.70. The molecule has 0 atom stereocenters. The smallest absolute Gasteiger partial charge is 0.503 e. The van der Waals surface area contributed by atoms with E-state index in [0.717, 1.165) is 44.4 Å². The number of pyridine rings is 2. The molecule has 50 heavy (non-hydrogen) atoms. The Morgan fingerprint density at radius 2 is 1.30 bits per heavy atom. The van der Waals surface area contributed by atoms with Crippen molar-refractivity contribution in [1.82, 2.24) is 14.5 Å². The number of fused-ring (bicyclic) bond motifs is 3. The summed E-state index contributed by atoms with van der Waals surface area (Å²) >= 11 is 0. The Labute approximate surface area is 310 Å². The van der Waals surface area contributed by atoms with Crippen LogP contribution in [0.15, 0.2) is 97.3 Å². The first-order valence-electron chi connectivity index (χ1n) is 17.0. The second-order valence-corrected chi connectivity index (χ2v) is 15.3. The molecule has 0 aliphatic rings. The van der Waals surface area contributed by atoms with Gasteiger partial charge >= 0.3 is 21.1 Å². The molecular formula is C45H43N3OPt. The largest absolute Gasteiger partial charge is 2.00 e. The number of hydrogen-bond donors (Lipinski definition) is 0. The number of hydrogen-bond acceptors (Lipinski definition) is 3. The Morgan fingerprint density at radius 1 is 0.640 bits per heavy atom. The van der Waals surface area contributed by atoms with Crippen molar-refractivity contribution in [3.8, 4) is 39.7 Å². The maximum Gasteiger partial charge on any atom is 2.00 e. The summed E-state index contributed by atoms with van der Waals surface area (Å²) in [5.41, 5.74) is 12.1. The summed E-state index contributed by atoms with van der Waals surface area (Å²) in [5, 5.41) is 2.24. The molecule has 0 aliphatic carbocycles. The third kappa shape index (κ3) is 6.79. The van der Waals surface area contributed by atoms with Crippen molar-refractivity contribution in [3.63, 3.8) is 0 Å². The van der Waals surface area contributed by atoms with Crippen molar-refractivity contribution >= 4 is 21.8 Å². The van der Waals surface area contributed by atoms with Crippen LogP contribution < -0.4 is 4.74 Å². The van der Waals surface area contributed by atoms with Gasteiger partial charge in [0, 0.05) is 29.4 Å². The summed E-state index contributed by atoms with van der Waals surface area (Å²) in [6.45, 7) is 19.8. The van der Waals surface area contributed by atoms with Crippen molar-refractivity contribution in [2.24, 2.45) is 0 Å². The normalized spacial score (nSPS) is 11.9. The number of para-hydroxylation sites is 1. The molecule has 254 valence electrons. The number of aryl methyl sites for hydroxylation is 3. The van der Waals surface area contributed by atoms with Crippen LogP contribution in [-0.2, 0) is 31.9 Å². The van der Waals surface area contributed by atoms with Gasteiger partial charge in [0.15, 0.2) is 0 Å². The molecule has 4 aromatic carbocycles. The molecule has 3 aromatic heterocycles. The molecule has 0 aliphatic heterocycles. The second-order valence-electron chi connectivity index (χ2n) is 15.3. The summed E-state index contributed by atoms with van der Waals surface area (Å²) < 4.78 is 8.90. The van der Waals surface area contributed by atoms with Gasteiger partial charge in [-0.05, 0) is 94.8 Å². The van der Waals surface area contributed by atoms with Gasteiger partial charge in [0.1, 0.15) is 5.82 Å². The molecule has 0 fully saturated rings. The summed E-state index contributed by atoms with van der Waals surface area (Å²) in [6, 6.07) is 37.1. The molecule has 0 spiro atoms. The number of nitrogens with zero attached hydrogens (tertiary/aromatic N) is 3. The van der Waals surface area contributed by atoms with Crippen molar-refractivity contribution in [2.75, 3.05) is 0 Å². The molecule has 0 unspecified atom stereocenters. The van der Waals surface area contributed by atoms with E-state index < -0.39 is 0 Å². The van der Waals surface area contributed by atoms with E-state index in [0.29, 0.717) is 11.5 Å². The first-order chi connectivity index (χ1) is 23.3. The first kappa shape index (κ1) is 35.3. The summed E-state index contributed by atoms with van der Waals surface area (Å²) in [5.74, 6) is 2.08. The van der Waals surface area contributed by atoms with E-state index in [2.05, 4.69) is 158 Å². The van der Waals surface area contributed by atoms with Gasteiger partial charge < -0.3 is 14.3 Å². The van der Waals surface area contributed by atoms with E-state index in [4.69, 9.17) is 14.7 Å². The molecule has 0 bridgehead atoms. The molecule has 7 rings (SSSR count). The molecule has 0 saturated heterocycles. The van der Waals surface area contributed by atoms with Crippen LogP contribution >= 0.6 is 0 Å². The number of aromatic nitrogens is 3. The van der Waals surface area contributed by atoms with Crippen LogP contribution in [0.1, 0.15) is 69.4 Å². The zero-order valence-corrected chi connectivity index (χ0v) is 32.6. The Hall–Kier alpha value is -4.53. The Kier molecular flexibility index (Phi) is 9.39. The molecular weight excluding hydrogens is 794 g/mol. The molecule has 3 heterocycles. The molecule has 0 amide bonds. The molecule has 7 aromatic rings.